The van der Waals surface area contributed by atoms with Crippen LogP contribution < -0.4 is 15.4 Å². The van der Waals surface area contributed by atoms with Crippen molar-refractivity contribution in [3.8, 4) is 5.75 Å². The van der Waals surface area contributed by atoms with Crippen LogP contribution in [0, 0.1) is 0 Å². The van der Waals surface area contributed by atoms with Crippen molar-refractivity contribution in [2.45, 2.75) is 25.8 Å². The Balaban J connectivity index is 2.15. The SMILES string of the molecule is COC(=O)CCCCNC(=O)NCc1cccc(OC)c1. The third kappa shape index (κ3) is 7.20. The van der Waals surface area contributed by atoms with E-state index in [-0.39, 0.29) is 12.0 Å². The highest BCUT2D eigenvalue weighted by atomic mass is 16.5. The van der Waals surface area contributed by atoms with E-state index in [1.807, 2.05) is 24.3 Å². The van der Waals surface area contributed by atoms with E-state index < -0.39 is 0 Å². The average molecular weight is 294 g/mol. The summed E-state index contributed by atoms with van der Waals surface area (Å²) in [6.07, 6.45) is 1.81. The van der Waals surface area contributed by atoms with E-state index in [0.29, 0.717) is 25.9 Å². The van der Waals surface area contributed by atoms with Crippen LogP contribution in [0.1, 0.15) is 24.8 Å². The zero-order chi connectivity index (χ0) is 15.5. The molecule has 0 unspecified atom stereocenters. The number of carbonyl (C=O) groups excluding carboxylic acids is 2. The quantitative estimate of drug-likeness (QED) is 0.566. The van der Waals surface area contributed by atoms with E-state index in [0.717, 1.165) is 17.7 Å². The number of hydrogen-bond acceptors (Lipinski definition) is 4. The summed E-state index contributed by atoms with van der Waals surface area (Å²) in [5.74, 6) is 0.537. The summed E-state index contributed by atoms with van der Waals surface area (Å²) in [6.45, 7) is 0.964. The lowest BCUT2D eigenvalue weighted by molar-refractivity contribution is -0.140. The zero-order valence-corrected chi connectivity index (χ0v) is 12.5. The lowest BCUT2D eigenvalue weighted by Crippen LogP contribution is -2.35. The summed E-state index contributed by atoms with van der Waals surface area (Å²) < 4.78 is 9.65. The number of carbonyl (C=O) groups is 2. The van der Waals surface area contributed by atoms with Crippen molar-refractivity contribution in [2.75, 3.05) is 20.8 Å². The van der Waals surface area contributed by atoms with Crippen LogP contribution in [0.4, 0.5) is 4.79 Å². The lowest BCUT2D eigenvalue weighted by Gasteiger charge is -2.08. The van der Waals surface area contributed by atoms with Gasteiger partial charge in [-0.05, 0) is 30.5 Å². The van der Waals surface area contributed by atoms with Gasteiger partial charge in [-0.1, -0.05) is 12.1 Å². The fourth-order valence-electron chi connectivity index (χ4n) is 1.73. The molecule has 1 aromatic carbocycles. The first-order chi connectivity index (χ1) is 10.2. The summed E-state index contributed by atoms with van der Waals surface area (Å²) in [6, 6.07) is 7.29. The lowest BCUT2D eigenvalue weighted by atomic mass is 10.2. The molecule has 0 spiro atoms. The average Bonchev–Trinajstić information content (AvgIpc) is 2.52. The van der Waals surface area contributed by atoms with Gasteiger partial charge in [-0.25, -0.2) is 4.79 Å². The van der Waals surface area contributed by atoms with Crippen LogP contribution >= 0.6 is 0 Å². The number of rotatable bonds is 8. The number of ether oxygens (including phenoxy) is 2. The number of amides is 2. The molecular weight excluding hydrogens is 272 g/mol. The first-order valence-corrected chi connectivity index (χ1v) is 6.87. The number of methoxy groups -OCH3 is 2. The molecule has 0 radical (unpaired) electrons. The molecule has 1 rings (SSSR count). The van der Waals surface area contributed by atoms with Crippen LogP contribution in [0.2, 0.25) is 0 Å². The van der Waals surface area contributed by atoms with Gasteiger partial charge in [0.05, 0.1) is 14.2 Å². The molecule has 0 aromatic heterocycles. The van der Waals surface area contributed by atoms with Gasteiger partial charge in [-0.2, -0.15) is 0 Å². The number of esters is 1. The number of benzene rings is 1. The second-order valence-corrected chi connectivity index (χ2v) is 4.49. The molecule has 0 saturated heterocycles. The van der Waals surface area contributed by atoms with Crippen LogP contribution in [0.25, 0.3) is 0 Å². The Morgan fingerprint density at radius 1 is 1.14 bits per heavy atom. The van der Waals surface area contributed by atoms with Gasteiger partial charge in [0.1, 0.15) is 5.75 Å². The molecule has 0 heterocycles. The van der Waals surface area contributed by atoms with Gasteiger partial charge in [-0.3, -0.25) is 4.79 Å². The summed E-state index contributed by atoms with van der Waals surface area (Å²) in [5.41, 5.74) is 0.968. The summed E-state index contributed by atoms with van der Waals surface area (Å²) in [4.78, 5) is 22.5. The van der Waals surface area contributed by atoms with E-state index in [1.165, 1.54) is 7.11 Å². The van der Waals surface area contributed by atoms with Crippen LogP contribution in [0.3, 0.4) is 0 Å². The minimum absolute atomic E-state index is 0.225. The molecule has 6 heteroatoms. The molecule has 0 atom stereocenters. The molecule has 2 N–H and O–H groups in total. The topological polar surface area (TPSA) is 76.7 Å². The van der Waals surface area contributed by atoms with E-state index >= 15 is 0 Å². The number of nitrogens with one attached hydrogen (secondary N) is 2. The van der Waals surface area contributed by atoms with Crippen LogP contribution in [-0.4, -0.2) is 32.8 Å². The number of urea groups is 1. The van der Waals surface area contributed by atoms with Gasteiger partial charge >= 0.3 is 12.0 Å². The highest BCUT2D eigenvalue weighted by Gasteiger charge is 2.02. The van der Waals surface area contributed by atoms with Crippen molar-refractivity contribution in [1.29, 1.82) is 0 Å². The minimum atomic E-state index is -0.226. The van der Waals surface area contributed by atoms with Gasteiger partial charge in [0.25, 0.3) is 0 Å². The molecule has 1 aromatic rings. The maximum Gasteiger partial charge on any atom is 0.315 e. The molecule has 0 aliphatic carbocycles. The van der Waals surface area contributed by atoms with Crippen LogP contribution in [0.5, 0.6) is 5.75 Å². The molecule has 21 heavy (non-hydrogen) atoms. The standard InChI is InChI=1S/C15H22N2O4/c1-20-13-7-5-6-12(10-13)11-17-15(19)16-9-4-3-8-14(18)21-2/h5-7,10H,3-4,8-9,11H2,1-2H3,(H2,16,17,19). The Morgan fingerprint density at radius 2 is 1.95 bits per heavy atom. The van der Waals surface area contributed by atoms with Crippen LogP contribution in [0.15, 0.2) is 24.3 Å². The van der Waals surface area contributed by atoms with Crippen molar-refractivity contribution in [3.05, 3.63) is 29.8 Å². The van der Waals surface area contributed by atoms with Gasteiger partial charge in [0.15, 0.2) is 0 Å². The van der Waals surface area contributed by atoms with Gasteiger partial charge < -0.3 is 20.1 Å². The first kappa shape index (κ1) is 16.8. The molecule has 6 nitrogen and oxygen atoms in total. The highest BCUT2D eigenvalue weighted by molar-refractivity contribution is 5.73. The number of unbranched alkanes of at least 4 members (excludes halogenated alkanes) is 1. The molecule has 0 aliphatic heterocycles. The van der Waals surface area contributed by atoms with Gasteiger partial charge in [-0.15, -0.1) is 0 Å². The van der Waals surface area contributed by atoms with Crippen molar-refractivity contribution in [3.63, 3.8) is 0 Å². The van der Waals surface area contributed by atoms with Crippen molar-refractivity contribution >= 4 is 12.0 Å². The molecule has 0 saturated carbocycles. The Kier molecular flexibility index (Phi) is 7.71. The third-order valence-electron chi connectivity index (χ3n) is 2.91. The Labute approximate surface area is 124 Å². The fourth-order valence-corrected chi connectivity index (χ4v) is 1.73. The molecule has 2 amide bonds. The molecule has 0 fully saturated rings. The molecular formula is C15H22N2O4. The van der Waals surface area contributed by atoms with Crippen LogP contribution in [-0.2, 0) is 16.1 Å². The van der Waals surface area contributed by atoms with Crippen molar-refractivity contribution in [2.24, 2.45) is 0 Å². The molecule has 0 aliphatic rings. The second-order valence-electron chi connectivity index (χ2n) is 4.49. The highest BCUT2D eigenvalue weighted by Crippen LogP contribution is 2.11. The van der Waals surface area contributed by atoms with E-state index in [2.05, 4.69) is 15.4 Å². The van der Waals surface area contributed by atoms with E-state index in [4.69, 9.17) is 4.74 Å². The fraction of sp³-hybridized carbons (Fsp3) is 0.467. The largest absolute Gasteiger partial charge is 0.497 e. The smallest absolute Gasteiger partial charge is 0.315 e. The van der Waals surface area contributed by atoms with E-state index in [9.17, 15) is 9.59 Å². The Bertz CT molecular complexity index is 463. The normalized spacial score (nSPS) is 9.81. The predicted molar refractivity (Wildman–Crippen MR) is 79.1 cm³/mol. The van der Waals surface area contributed by atoms with Crippen molar-refractivity contribution in [1.82, 2.24) is 10.6 Å². The monoisotopic (exact) mass is 294 g/mol. The molecule has 116 valence electrons. The Morgan fingerprint density at radius 3 is 2.67 bits per heavy atom. The number of hydrogen-bond donors (Lipinski definition) is 2. The Hall–Kier alpha value is -2.24. The summed E-state index contributed by atoms with van der Waals surface area (Å²) >= 11 is 0. The maximum absolute atomic E-state index is 11.6. The zero-order valence-electron chi connectivity index (χ0n) is 12.5. The van der Waals surface area contributed by atoms with Gasteiger partial charge in [0.2, 0.25) is 0 Å². The van der Waals surface area contributed by atoms with E-state index in [1.54, 1.807) is 7.11 Å². The predicted octanol–water partition coefficient (Wildman–Crippen LogP) is 1.84. The van der Waals surface area contributed by atoms with Gasteiger partial charge in [0, 0.05) is 19.5 Å². The first-order valence-electron chi connectivity index (χ1n) is 6.87. The summed E-state index contributed by atoms with van der Waals surface area (Å²) in [5, 5.41) is 5.50. The third-order valence-corrected chi connectivity index (χ3v) is 2.91. The molecule has 0 bridgehead atoms. The minimum Gasteiger partial charge on any atom is -0.497 e. The van der Waals surface area contributed by atoms with Crippen molar-refractivity contribution < 1.29 is 19.1 Å². The maximum atomic E-state index is 11.6. The summed E-state index contributed by atoms with van der Waals surface area (Å²) in [7, 11) is 2.97. The second kappa shape index (κ2) is 9.63.